The van der Waals surface area contributed by atoms with Crippen molar-refractivity contribution in [3.05, 3.63) is 29.8 Å². The Hall–Kier alpha value is -1.36. The molecular formula is C10H10FN. The second kappa shape index (κ2) is 3.87. The largest absolute Gasteiger partial charge is 0.260 e. The quantitative estimate of drug-likeness (QED) is 0.534. The molecule has 0 saturated carbocycles. The van der Waals surface area contributed by atoms with Gasteiger partial charge in [0.1, 0.15) is 5.82 Å². The molecule has 0 spiro atoms. The first kappa shape index (κ1) is 8.73. The molecule has 0 N–H and O–H groups in total. The average Bonchev–Trinajstić information content (AvgIpc) is 2.01. The molecule has 0 fully saturated rings. The van der Waals surface area contributed by atoms with Crippen molar-refractivity contribution in [1.29, 1.82) is 0 Å². The molecule has 1 aromatic heterocycles. The molecule has 0 aliphatic carbocycles. The molecule has 12 heavy (non-hydrogen) atoms. The summed E-state index contributed by atoms with van der Waals surface area (Å²) in [6.45, 7) is 3.97. The minimum Gasteiger partial charge on any atom is -0.260 e. The van der Waals surface area contributed by atoms with Crippen molar-refractivity contribution < 1.29 is 4.39 Å². The standard InChI is InChI=1S/C10H10FN/c1-8(2)3-4-9-5-10(11)7-12-6-9/h5-8H,1-2H3. The van der Waals surface area contributed by atoms with Crippen LogP contribution in [0.2, 0.25) is 0 Å². The minimum atomic E-state index is -0.342. The van der Waals surface area contributed by atoms with Crippen LogP contribution in [0.1, 0.15) is 19.4 Å². The fourth-order valence-electron chi connectivity index (χ4n) is 0.708. The molecule has 0 atom stereocenters. The molecular weight excluding hydrogens is 153 g/mol. The minimum absolute atomic E-state index is 0.299. The number of aromatic nitrogens is 1. The van der Waals surface area contributed by atoms with Gasteiger partial charge in [0.2, 0.25) is 0 Å². The van der Waals surface area contributed by atoms with E-state index in [2.05, 4.69) is 16.8 Å². The van der Waals surface area contributed by atoms with Gasteiger partial charge in [-0.15, -0.1) is 0 Å². The van der Waals surface area contributed by atoms with Crippen molar-refractivity contribution in [1.82, 2.24) is 4.98 Å². The van der Waals surface area contributed by atoms with Gasteiger partial charge >= 0.3 is 0 Å². The molecule has 0 amide bonds. The van der Waals surface area contributed by atoms with E-state index in [0.29, 0.717) is 11.5 Å². The Morgan fingerprint density at radius 3 is 2.75 bits per heavy atom. The van der Waals surface area contributed by atoms with Gasteiger partial charge in [-0.25, -0.2) is 4.39 Å². The molecule has 0 bridgehead atoms. The Morgan fingerprint density at radius 2 is 2.17 bits per heavy atom. The molecule has 0 unspecified atom stereocenters. The van der Waals surface area contributed by atoms with E-state index in [1.54, 1.807) is 6.20 Å². The molecule has 0 radical (unpaired) electrons. The van der Waals surface area contributed by atoms with Crippen LogP contribution in [-0.4, -0.2) is 4.98 Å². The van der Waals surface area contributed by atoms with Gasteiger partial charge in [-0.05, 0) is 6.07 Å². The fraction of sp³-hybridized carbons (Fsp3) is 0.300. The van der Waals surface area contributed by atoms with Gasteiger partial charge in [0.05, 0.1) is 6.20 Å². The van der Waals surface area contributed by atoms with Crippen LogP contribution in [0.5, 0.6) is 0 Å². The highest BCUT2D eigenvalue weighted by molar-refractivity contribution is 5.31. The third kappa shape index (κ3) is 2.71. The number of rotatable bonds is 0. The fourth-order valence-corrected chi connectivity index (χ4v) is 0.708. The van der Waals surface area contributed by atoms with Crippen molar-refractivity contribution in [2.45, 2.75) is 13.8 Å². The van der Waals surface area contributed by atoms with Crippen LogP contribution in [0, 0.1) is 23.6 Å². The van der Waals surface area contributed by atoms with Crippen LogP contribution < -0.4 is 0 Å². The predicted octanol–water partition coefficient (Wildman–Crippen LogP) is 2.23. The third-order valence-corrected chi connectivity index (χ3v) is 1.21. The number of hydrogen-bond donors (Lipinski definition) is 0. The van der Waals surface area contributed by atoms with Crippen LogP contribution in [0.3, 0.4) is 0 Å². The van der Waals surface area contributed by atoms with E-state index in [-0.39, 0.29) is 5.82 Å². The molecule has 0 saturated heterocycles. The average molecular weight is 163 g/mol. The summed E-state index contributed by atoms with van der Waals surface area (Å²) in [6.07, 6.45) is 2.72. The Labute approximate surface area is 71.6 Å². The zero-order valence-corrected chi connectivity index (χ0v) is 7.13. The van der Waals surface area contributed by atoms with Crippen LogP contribution in [0.4, 0.5) is 4.39 Å². The van der Waals surface area contributed by atoms with Gasteiger partial charge in [0, 0.05) is 17.7 Å². The summed E-state index contributed by atoms with van der Waals surface area (Å²) in [5.74, 6) is 5.72. The molecule has 1 aromatic rings. The van der Waals surface area contributed by atoms with Crippen molar-refractivity contribution in [2.24, 2.45) is 5.92 Å². The normalized spacial score (nSPS) is 9.33. The summed E-state index contributed by atoms with van der Waals surface area (Å²) in [7, 11) is 0. The lowest BCUT2D eigenvalue weighted by atomic mass is 10.2. The highest BCUT2D eigenvalue weighted by Gasteiger charge is 1.90. The predicted molar refractivity (Wildman–Crippen MR) is 45.9 cm³/mol. The van der Waals surface area contributed by atoms with E-state index in [1.165, 1.54) is 12.3 Å². The summed E-state index contributed by atoms with van der Waals surface area (Å²) in [5.41, 5.74) is 0.628. The van der Waals surface area contributed by atoms with Gasteiger partial charge in [0.25, 0.3) is 0 Å². The van der Waals surface area contributed by atoms with Gasteiger partial charge in [-0.3, -0.25) is 4.98 Å². The van der Waals surface area contributed by atoms with E-state index in [0.717, 1.165) is 0 Å². The molecule has 1 rings (SSSR count). The lowest BCUT2D eigenvalue weighted by Crippen LogP contribution is -1.83. The van der Waals surface area contributed by atoms with Crippen LogP contribution in [0.25, 0.3) is 0 Å². The Morgan fingerprint density at radius 1 is 1.42 bits per heavy atom. The summed E-state index contributed by atoms with van der Waals surface area (Å²) in [5, 5.41) is 0. The van der Waals surface area contributed by atoms with Crippen molar-refractivity contribution >= 4 is 0 Å². The van der Waals surface area contributed by atoms with Gasteiger partial charge in [-0.2, -0.15) is 0 Å². The van der Waals surface area contributed by atoms with Gasteiger partial charge in [0.15, 0.2) is 0 Å². The Bertz CT molecular complexity index is 320. The Balaban J connectivity index is 2.85. The zero-order valence-electron chi connectivity index (χ0n) is 7.13. The lowest BCUT2D eigenvalue weighted by Gasteiger charge is -1.90. The zero-order chi connectivity index (χ0) is 8.97. The molecule has 0 aliphatic heterocycles. The molecule has 2 heteroatoms. The first-order chi connectivity index (χ1) is 5.68. The van der Waals surface area contributed by atoms with E-state index in [1.807, 2.05) is 13.8 Å². The van der Waals surface area contributed by atoms with E-state index in [9.17, 15) is 4.39 Å². The second-order valence-corrected chi connectivity index (χ2v) is 2.82. The number of nitrogens with zero attached hydrogens (tertiary/aromatic N) is 1. The first-order valence-corrected chi connectivity index (χ1v) is 3.80. The summed E-state index contributed by atoms with van der Waals surface area (Å²) >= 11 is 0. The first-order valence-electron chi connectivity index (χ1n) is 3.80. The maximum absolute atomic E-state index is 12.6. The maximum atomic E-state index is 12.6. The van der Waals surface area contributed by atoms with E-state index in [4.69, 9.17) is 0 Å². The highest BCUT2D eigenvalue weighted by Crippen LogP contribution is 1.99. The number of halogens is 1. The summed E-state index contributed by atoms with van der Waals surface area (Å²) < 4.78 is 12.6. The molecule has 1 heterocycles. The third-order valence-electron chi connectivity index (χ3n) is 1.21. The van der Waals surface area contributed by atoms with Crippen molar-refractivity contribution in [3.8, 4) is 11.8 Å². The second-order valence-electron chi connectivity index (χ2n) is 2.82. The molecule has 1 nitrogen and oxygen atoms in total. The molecule has 62 valence electrons. The Kier molecular flexibility index (Phi) is 2.82. The molecule has 0 aliphatic rings. The van der Waals surface area contributed by atoms with E-state index >= 15 is 0 Å². The van der Waals surface area contributed by atoms with Crippen molar-refractivity contribution in [3.63, 3.8) is 0 Å². The van der Waals surface area contributed by atoms with Crippen LogP contribution >= 0.6 is 0 Å². The van der Waals surface area contributed by atoms with Crippen LogP contribution in [-0.2, 0) is 0 Å². The van der Waals surface area contributed by atoms with Crippen molar-refractivity contribution in [2.75, 3.05) is 0 Å². The smallest absolute Gasteiger partial charge is 0.142 e. The molecule has 0 aromatic carbocycles. The van der Waals surface area contributed by atoms with E-state index < -0.39 is 0 Å². The maximum Gasteiger partial charge on any atom is 0.142 e. The summed E-state index contributed by atoms with van der Waals surface area (Å²) in [4.78, 5) is 3.68. The van der Waals surface area contributed by atoms with Crippen LogP contribution in [0.15, 0.2) is 18.5 Å². The highest BCUT2D eigenvalue weighted by atomic mass is 19.1. The summed E-state index contributed by atoms with van der Waals surface area (Å²) in [6, 6.07) is 1.38. The van der Waals surface area contributed by atoms with Gasteiger partial charge < -0.3 is 0 Å². The topological polar surface area (TPSA) is 12.9 Å². The SMILES string of the molecule is CC(C)C#Cc1cncc(F)c1. The van der Waals surface area contributed by atoms with Gasteiger partial charge in [-0.1, -0.05) is 25.7 Å². The lowest BCUT2D eigenvalue weighted by molar-refractivity contribution is 0.621. The number of pyridine rings is 1. The monoisotopic (exact) mass is 163 g/mol. The number of hydrogen-bond acceptors (Lipinski definition) is 1.